The van der Waals surface area contributed by atoms with Crippen LogP contribution in [0.1, 0.15) is 19.4 Å². The van der Waals surface area contributed by atoms with Gasteiger partial charge in [0.2, 0.25) is 0 Å². The summed E-state index contributed by atoms with van der Waals surface area (Å²) in [7, 11) is 0. The minimum Gasteiger partial charge on any atom is -0.396 e. The van der Waals surface area contributed by atoms with Crippen LogP contribution in [-0.4, -0.2) is 24.6 Å². The molecule has 90 valence electrons. The van der Waals surface area contributed by atoms with Crippen molar-refractivity contribution >= 4 is 0 Å². The molecule has 0 heterocycles. The molecule has 3 nitrogen and oxygen atoms in total. The zero-order chi connectivity index (χ0) is 11.8. The second-order valence-electron chi connectivity index (χ2n) is 3.98. The standard InChI is InChI=1S/C13H20O3/c1-11(8-14)12(2)16-10-15-9-13-6-4-3-5-7-13/h3-7,11-12,14H,8-10H2,1-2H3/t11-,12-/m1/s1. The molecule has 1 aromatic carbocycles. The van der Waals surface area contributed by atoms with Crippen LogP contribution in [0.4, 0.5) is 0 Å². The fraction of sp³-hybridized carbons (Fsp3) is 0.538. The molecule has 1 N–H and O–H groups in total. The average Bonchev–Trinajstić information content (AvgIpc) is 2.34. The highest BCUT2D eigenvalue weighted by Crippen LogP contribution is 2.06. The third-order valence-electron chi connectivity index (χ3n) is 2.62. The molecule has 0 spiro atoms. The summed E-state index contributed by atoms with van der Waals surface area (Å²) in [5.74, 6) is 0.139. The van der Waals surface area contributed by atoms with E-state index < -0.39 is 0 Å². The lowest BCUT2D eigenvalue weighted by Crippen LogP contribution is -2.22. The van der Waals surface area contributed by atoms with Gasteiger partial charge in [-0.3, -0.25) is 0 Å². The van der Waals surface area contributed by atoms with E-state index in [1.165, 1.54) is 0 Å². The topological polar surface area (TPSA) is 38.7 Å². The second-order valence-corrected chi connectivity index (χ2v) is 3.98. The van der Waals surface area contributed by atoms with Crippen LogP contribution in [-0.2, 0) is 16.1 Å². The van der Waals surface area contributed by atoms with E-state index >= 15 is 0 Å². The summed E-state index contributed by atoms with van der Waals surface area (Å²) in [6.07, 6.45) is 0.0146. The van der Waals surface area contributed by atoms with E-state index in [1.54, 1.807) is 0 Å². The molecule has 0 bridgehead atoms. The lowest BCUT2D eigenvalue weighted by atomic mass is 10.1. The molecule has 1 aromatic rings. The number of ether oxygens (including phenoxy) is 2. The van der Waals surface area contributed by atoms with Crippen LogP contribution in [0.15, 0.2) is 30.3 Å². The highest BCUT2D eigenvalue weighted by atomic mass is 16.7. The SMILES string of the molecule is C[C@H](CO)[C@@H](C)OCOCc1ccccc1. The van der Waals surface area contributed by atoms with E-state index in [9.17, 15) is 0 Å². The van der Waals surface area contributed by atoms with Gasteiger partial charge in [-0.25, -0.2) is 0 Å². The van der Waals surface area contributed by atoms with Gasteiger partial charge in [-0.2, -0.15) is 0 Å². The highest BCUT2D eigenvalue weighted by molar-refractivity contribution is 5.13. The van der Waals surface area contributed by atoms with Crippen molar-refractivity contribution in [2.45, 2.75) is 26.6 Å². The molecule has 16 heavy (non-hydrogen) atoms. The van der Waals surface area contributed by atoms with Crippen LogP contribution >= 0.6 is 0 Å². The Morgan fingerprint density at radius 1 is 1.19 bits per heavy atom. The summed E-state index contributed by atoms with van der Waals surface area (Å²) in [5, 5.41) is 8.92. The minimum atomic E-state index is 0.0146. The molecule has 0 aliphatic carbocycles. The van der Waals surface area contributed by atoms with Crippen molar-refractivity contribution in [1.82, 2.24) is 0 Å². The predicted molar refractivity (Wildman–Crippen MR) is 62.9 cm³/mol. The second kappa shape index (κ2) is 7.39. The third kappa shape index (κ3) is 4.75. The first kappa shape index (κ1) is 13.2. The molecular weight excluding hydrogens is 204 g/mol. The summed E-state index contributed by atoms with van der Waals surface area (Å²) < 4.78 is 10.8. The van der Waals surface area contributed by atoms with Crippen molar-refractivity contribution in [3.05, 3.63) is 35.9 Å². The maximum Gasteiger partial charge on any atom is 0.147 e. The van der Waals surface area contributed by atoms with E-state index in [-0.39, 0.29) is 25.4 Å². The maximum absolute atomic E-state index is 8.92. The van der Waals surface area contributed by atoms with Crippen molar-refractivity contribution in [1.29, 1.82) is 0 Å². The number of aliphatic hydroxyl groups is 1. The Morgan fingerprint density at radius 2 is 1.88 bits per heavy atom. The fourth-order valence-electron chi connectivity index (χ4n) is 1.20. The molecule has 0 aromatic heterocycles. The number of aliphatic hydroxyl groups excluding tert-OH is 1. The van der Waals surface area contributed by atoms with Gasteiger partial charge in [0, 0.05) is 12.5 Å². The van der Waals surface area contributed by atoms with Crippen LogP contribution in [0, 0.1) is 5.92 Å². The van der Waals surface area contributed by atoms with Gasteiger partial charge in [-0.15, -0.1) is 0 Å². The van der Waals surface area contributed by atoms with Gasteiger partial charge in [-0.05, 0) is 12.5 Å². The molecule has 0 amide bonds. The quantitative estimate of drug-likeness (QED) is 0.570. The highest BCUT2D eigenvalue weighted by Gasteiger charge is 2.10. The van der Waals surface area contributed by atoms with Crippen LogP contribution in [0.5, 0.6) is 0 Å². The van der Waals surface area contributed by atoms with Gasteiger partial charge < -0.3 is 14.6 Å². The molecule has 3 heteroatoms. The third-order valence-corrected chi connectivity index (χ3v) is 2.62. The number of hydrogen-bond donors (Lipinski definition) is 1. The fourth-order valence-corrected chi connectivity index (χ4v) is 1.20. The Morgan fingerprint density at radius 3 is 2.50 bits per heavy atom. The molecule has 0 unspecified atom stereocenters. The Bertz CT molecular complexity index is 274. The van der Waals surface area contributed by atoms with Crippen molar-refractivity contribution in [2.75, 3.05) is 13.4 Å². The minimum absolute atomic E-state index is 0.0146. The van der Waals surface area contributed by atoms with E-state index in [0.717, 1.165) is 5.56 Å². The number of rotatable bonds is 7. The van der Waals surface area contributed by atoms with E-state index in [4.69, 9.17) is 14.6 Å². The molecule has 0 saturated carbocycles. The molecule has 0 radical (unpaired) electrons. The first-order valence-electron chi connectivity index (χ1n) is 5.58. The molecule has 0 aliphatic heterocycles. The van der Waals surface area contributed by atoms with E-state index in [2.05, 4.69) is 0 Å². The summed E-state index contributed by atoms with van der Waals surface area (Å²) in [5.41, 5.74) is 1.13. The molecule has 2 atom stereocenters. The Kier molecular flexibility index (Phi) is 6.08. The van der Waals surface area contributed by atoms with Crippen molar-refractivity contribution in [2.24, 2.45) is 5.92 Å². The monoisotopic (exact) mass is 224 g/mol. The van der Waals surface area contributed by atoms with Crippen molar-refractivity contribution < 1.29 is 14.6 Å². The normalized spacial score (nSPS) is 14.7. The Labute approximate surface area is 97.0 Å². The van der Waals surface area contributed by atoms with Gasteiger partial charge in [-0.1, -0.05) is 37.3 Å². The van der Waals surface area contributed by atoms with E-state index in [0.29, 0.717) is 6.61 Å². The lowest BCUT2D eigenvalue weighted by molar-refractivity contribution is -0.108. The zero-order valence-electron chi connectivity index (χ0n) is 9.93. The van der Waals surface area contributed by atoms with Gasteiger partial charge in [0.15, 0.2) is 0 Å². The van der Waals surface area contributed by atoms with Crippen molar-refractivity contribution in [3.63, 3.8) is 0 Å². The van der Waals surface area contributed by atoms with Crippen LogP contribution in [0.3, 0.4) is 0 Å². The van der Waals surface area contributed by atoms with Gasteiger partial charge in [0.25, 0.3) is 0 Å². The number of benzene rings is 1. The van der Waals surface area contributed by atoms with E-state index in [1.807, 2.05) is 44.2 Å². The summed E-state index contributed by atoms with van der Waals surface area (Å²) in [6, 6.07) is 9.97. The van der Waals surface area contributed by atoms with Crippen molar-refractivity contribution in [3.8, 4) is 0 Å². The summed E-state index contributed by atoms with van der Waals surface area (Å²) in [4.78, 5) is 0. The van der Waals surface area contributed by atoms with Gasteiger partial charge in [0.05, 0.1) is 12.7 Å². The van der Waals surface area contributed by atoms with Crippen LogP contribution in [0.25, 0.3) is 0 Å². The van der Waals surface area contributed by atoms with Gasteiger partial charge >= 0.3 is 0 Å². The first-order valence-corrected chi connectivity index (χ1v) is 5.58. The maximum atomic E-state index is 8.92. The first-order chi connectivity index (χ1) is 7.74. The summed E-state index contributed by atoms with van der Waals surface area (Å²) >= 11 is 0. The molecule has 0 fully saturated rings. The predicted octanol–water partition coefficient (Wildman–Crippen LogP) is 2.19. The average molecular weight is 224 g/mol. The zero-order valence-corrected chi connectivity index (χ0v) is 9.93. The Hall–Kier alpha value is -0.900. The Balaban J connectivity index is 2.13. The van der Waals surface area contributed by atoms with Crippen LogP contribution < -0.4 is 0 Å². The molecule has 0 aliphatic rings. The smallest absolute Gasteiger partial charge is 0.147 e. The van der Waals surface area contributed by atoms with Crippen LogP contribution in [0.2, 0.25) is 0 Å². The molecule has 0 saturated heterocycles. The van der Waals surface area contributed by atoms with Gasteiger partial charge in [0.1, 0.15) is 6.79 Å². The summed E-state index contributed by atoms with van der Waals surface area (Å²) in [6.45, 7) is 4.84. The number of hydrogen-bond acceptors (Lipinski definition) is 3. The largest absolute Gasteiger partial charge is 0.396 e. The molecule has 1 rings (SSSR count). The molecular formula is C13H20O3. The lowest BCUT2D eigenvalue weighted by Gasteiger charge is -2.18.